The molecule has 0 fully saturated rings. The van der Waals surface area contributed by atoms with Gasteiger partial charge in [0.25, 0.3) is 0 Å². The van der Waals surface area contributed by atoms with Crippen LogP contribution in [0.4, 0.5) is 0 Å². The second-order valence-electron chi connectivity index (χ2n) is 6.47. The average Bonchev–Trinajstić information content (AvgIpc) is 3.03. The molecular weight excluding hydrogens is 302 g/mol. The van der Waals surface area contributed by atoms with E-state index in [0.29, 0.717) is 13.1 Å². The highest BCUT2D eigenvalue weighted by molar-refractivity contribution is 5.81. The predicted molar refractivity (Wildman–Crippen MR) is 92.5 cm³/mol. The van der Waals surface area contributed by atoms with E-state index in [1.165, 1.54) is 5.56 Å². The van der Waals surface area contributed by atoms with Crippen LogP contribution >= 0.6 is 0 Å². The number of aromatic nitrogens is 3. The summed E-state index contributed by atoms with van der Waals surface area (Å²) in [6.07, 6.45) is 1.81. The molecule has 1 amide bonds. The number of carbonyl (C=O) groups is 1. The van der Waals surface area contributed by atoms with Crippen molar-refractivity contribution >= 4 is 5.91 Å². The van der Waals surface area contributed by atoms with E-state index in [1.54, 1.807) is 7.05 Å². The summed E-state index contributed by atoms with van der Waals surface area (Å²) in [4.78, 5) is 14.3. The Bertz CT molecular complexity index is 697. The first-order valence-electron chi connectivity index (χ1n) is 8.52. The fraction of sp³-hybridized carbons (Fsp3) is 0.500. The molecule has 1 aromatic heterocycles. The Morgan fingerprint density at radius 2 is 2.04 bits per heavy atom. The van der Waals surface area contributed by atoms with Crippen LogP contribution in [0, 0.1) is 0 Å². The highest BCUT2D eigenvalue weighted by Crippen LogP contribution is 2.22. The third-order valence-corrected chi connectivity index (χ3v) is 4.69. The standard InChI is InChI=1S/C18H25N5O/c1-13-11-22(18(24)14(2)19-3)12-17-21-20-16(23(13)17)10-9-15-7-5-4-6-8-15/h4-8,13-14,19H,9-12H2,1-3H3/t13-,14-/m0/s1. The van der Waals surface area contributed by atoms with Gasteiger partial charge in [-0.3, -0.25) is 4.79 Å². The largest absolute Gasteiger partial charge is 0.332 e. The molecule has 6 heteroatoms. The van der Waals surface area contributed by atoms with Crippen molar-refractivity contribution in [1.29, 1.82) is 0 Å². The summed E-state index contributed by atoms with van der Waals surface area (Å²) in [7, 11) is 1.81. The van der Waals surface area contributed by atoms with Crippen molar-refractivity contribution in [3.8, 4) is 0 Å². The van der Waals surface area contributed by atoms with E-state index in [1.807, 2.05) is 17.9 Å². The van der Waals surface area contributed by atoms with Crippen LogP contribution in [-0.2, 0) is 24.2 Å². The number of rotatable bonds is 5. The molecule has 0 saturated heterocycles. The number of amides is 1. The van der Waals surface area contributed by atoms with Crippen molar-refractivity contribution in [3.63, 3.8) is 0 Å². The van der Waals surface area contributed by atoms with Crippen molar-refractivity contribution in [2.24, 2.45) is 0 Å². The second-order valence-corrected chi connectivity index (χ2v) is 6.47. The number of hydrogen-bond acceptors (Lipinski definition) is 4. The third kappa shape index (κ3) is 3.33. The molecule has 1 aromatic carbocycles. The molecule has 0 aliphatic carbocycles. The van der Waals surface area contributed by atoms with Gasteiger partial charge in [-0.15, -0.1) is 10.2 Å². The van der Waals surface area contributed by atoms with Crippen LogP contribution in [-0.4, -0.2) is 45.2 Å². The molecule has 0 bridgehead atoms. The molecule has 3 rings (SSSR count). The summed E-state index contributed by atoms with van der Waals surface area (Å²) in [5.41, 5.74) is 1.30. The smallest absolute Gasteiger partial charge is 0.239 e. The maximum absolute atomic E-state index is 12.4. The van der Waals surface area contributed by atoms with Gasteiger partial charge in [0.1, 0.15) is 5.82 Å². The van der Waals surface area contributed by atoms with Gasteiger partial charge in [0.05, 0.1) is 18.6 Å². The van der Waals surface area contributed by atoms with Gasteiger partial charge >= 0.3 is 0 Å². The Labute approximate surface area is 142 Å². The Balaban J connectivity index is 1.72. The lowest BCUT2D eigenvalue weighted by atomic mass is 10.1. The van der Waals surface area contributed by atoms with E-state index >= 15 is 0 Å². The zero-order chi connectivity index (χ0) is 17.1. The van der Waals surface area contributed by atoms with Gasteiger partial charge in [-0.2, -0.15) is 0 Å². The molecule has 1 N–H and O–H groups in total. The summed E-state index contributed by atoms with van der Waals surface area (Å²) < 4.78 is 2.21. The van der Waals surface area contributed by atoms with Crippen LogP contribution in [0.15, 0.2) is 30.3 Å². The van der Waals surface area contributed by atoms with E-state index in [4.69, 9.17) is 0 Å². The molecule has 2 atom stereocenters. The van der Waals surface area contributed by atoms with Crippen molar-refractivity contribution in [3.05, 3.63) is 47.5 Å². The van der Waals surface area contributed by atoms with Gasteiger partial charge < -0.3 is 14.8 Å². The number of hydrogen-bond donors (Lipinski definition) is 1. The number of nitrogens with zero attached hydrogens (tertiary/aromatic N) is 4. The van der Waals surface area contributed by atoms with E-state index in [-0.39, 0.29) is 18.0 Å². The lowest BCUT2D eigenvalue weighted by molar-refractivity contribution is -0.134. The number of fused-ring (bicyclic) bond motifs is 1. The molecule has 1 aliphatic rings. The Morgan fingerprint density at radius 3 is 2.75 bits per heavy atom. The number of nitrogens with one attached hydrogen (secondary N) is 1. The molecule has 2 aromatic rings. The lowest BCUT2D eigenvalue weighted by Gasteiger charge is -2.34. The fourth-order valence-corrected chi connectivity index (χ4v) is 3.25. The Kier molecular flexibility index (Phi) is 4.94. The summed E-state index contributed by atoms with van der Waals surface area (Å²) in [6, 6.07) is 10.4. The minimum absolute atomic E-state index is 0.115. The van der Waals surface area contributed by atoms with Crippen LogP contribution in [0.2, 0.25) is 0 Å². The van der Waals surface area contributed by atoms with Gasteiger partial charge in [0.2, 0.25) is 5.91 Å². The fourth-order valence-electron chi connectivity index (χ4n) is 3.25. The molecule has 128 valence electrons. The maximum Gasteiger partial charge on any atom is 0.239 e. The van der Waals surface area contributed by atoms with Crippen molar-refractivity contribution in [2.75, 3.05) is 13.6 Å². The zero-order valence-corrected chi connectivity index (χ0v) is 14.6. The average molecular weight is 327 g/mol. The highest BCUT2D eigenvalue weighted by atomic mass is 16.2. The number of benzene rings is 1. The van der Waals surface area contributed by atoms with Crippen molar-refractivity contribution < 1.29 is 4.79 Å². The number of carbonyl (C=O) groups excluding carboxylic acids is 1. The minimum atomic E-state index is -0.177. The first kappa shape index (κ1) is 16.6. The first-order valence-corrected chi connectivity index (χ1v) is 8.52. The lowest BCUT2D eigenvalue weighted by Crippen LogP contribution is -2.47. The SMILES string of the molecule is CN[C@@H](C)C(=O)N1Cc2nnc(CCc3ccccc3)n2[C@@H](C)C1. The van der Waals surface area contributed by atoms with E-state index in [0.717, 1.165) is 24.5 Å². The number of aryl methyl sites for hydroxylation is 2. The number of likely N-dealkylation sites (N-methyl/N-ethyl adjacent to an activating group) is 1. The van der Waals surface area contributed by atoms with Gasteiger partial charge in [-0.05, 0) is 32.9 Å². The summed E-state index contributed by atoms with van der Waals surface area (Å²) in [6.45, 7) is 5.25. The van der Waals surface area contributed by atoms with E-state index in [9.17, 15) is 4.79 Å². The predicted octanol–water partition coefficient (Wildman–Crippen LogP) is 1.57. The van der Waals surface area contributed by atoms with Gasteiger partial charge in [-0.25, -0.2) is 0 Å². The highest BCUT2D eigenvalue weighted by Gasteiger charge is 2.30. The third-order valence-electron chi connectivity index (χ3n) is 4.69. The van der Waals surface area contributed by atoms with Gasteiger partial charge in [0, 0.05) is 13.0 Å². The Morgan fingerprint density at radius 1 is 1.29 bits per heavy atom. The monoisotopic (exact) mass is 327 g/mol. The molecule has 0 unspecified atom stereocenters. The quantitative estimate of drug-likeness (QED) is 0.905. The Hall–Kier alpha value is -2.21. The molecule has 0 spiro atoms. The molecule has 6 nitrogen and oxygen atoms in total. The van der Waals surface area contributed by atoms with Crippen LogP contribution in [0.5, 0.6) is 0 Å². The molecule has 24 heavy (non-hydrogen) atoms. The summed E-state index contributed by atoms with van der Waals surface area (Å²) in [5.74, 6) is 2.01. The van der Waals surface area contributed by atoms with Gasteiger partial charge in [0.15, 0.2) is 5.82 Å². The van der Waals surface area contributed by atoms with Crippen molar-refractivity contribution in [2.45, 2.75) is 45.3 Å². The molecule has 1 aliphatic heterocycles. The molecular formula is C18H25N5O. The van der Waals surface area contributed by atoms with E-state index < -0.39 is 0 Å². The summed E-state index contributed by atoms with van der Waals surface area (Å²) >= 11 is 0. The first-order chi connectivity index (χ1) is 11.6. The molecule has 0 saturated carbocycles. The molecule has 0 radical (unpaired) electrons. The van der Waals surface area contributed by atoms with Crippen LogP contribution in [0.25, 0.3) is 0 Å². The topological polar surface area (TPSA) is 63.1 Å². The van der Waals surface area contributed by atoms with Crippen molar-refractivity contribution in [1.82, 2.24) is 25.0 Å². The summed E-state index contributed by atoms with van der Waals surface area (Å²) in [5, 5.41) is 11.7. The van der Waals surface area contributed by atoms with Crippen LogP contribution < -0.4 is 5.32 Å². The normalized spacial score (nSPS) is 18.3. The second kappa shape index (κ2) is 7.13. The van der Waals surface area contributed by atoms with Crippen LogP contribution in [0.1, 0.15) is 37.1 Å². The minimum Gasteiger partial charge on any atom is -0.332 e. The molecule has 2 heterocycles. The van der Waals surface area contributed by atoms with Gasteiger partial charge in [-0.1, -0.05) is 30.3 Å². The van der Waals surface area contributed by atoms with Crippen LogP contribution in [0.3, 0.4) is 0 Å². The zero-order valence-electron chi connectivity index (χ0n) is 14.6. The van der Waals surface area contributed by atoms with E-state index in [2.05, 4.69) is 51.3 Å². The maximum atomic E-state index is 12.4.